The topological polar surface area (TPSA) is 12.0 Å². The maximum atomic E-state index is 3.65. The van der Waals surface area contributed by atoms with Crippen LogP contribution in [-0.2, 0) is 6.42 Å². The molecule has 0 amide bonds. The summed E-state index contributed by atoms with van der Waals surface area (Å²) >= 11 is 0. The van der Waals surface area contributed by atoms with Gasteiger partial charge in [-0.25, -0.2) is 0 Å². The molecule has 0 saturated heterocycles. The smallest absolute Gasteiger partial charge is 0.0409 e. The molecule has 0 aromatic heterocycles. The molecule has 1 aromatic carbocycles. The maximum Gasteiger partial charge on any atom is 0.0409 e. The molecule has 0 spiro atoms. The van der Waals surface area contributed by atoms with Gasteiger partial charge in [-0.1, -0.05) is 32.0 Å². The third kappa shape index (κ3) is 1.32. The van der Waals surface area contributed by atoms with E-state index in [2.05, 4.69) is 43.4 Å². The van der Waals surface area contributed by atoms with Gasteiger partial charge in [0.2, 0.25) is 0 Å². The summed E-state index contributed by atoms with van der Waals surface area (Å²) < 4.78 is 0. The van der Waals surface area contributed by atoms with Gasteiger partial charge in [-0.2, -0.15) is 0 Å². The number of benzene rings is 1. The molecule has 1 aliphatic heterocycles. The highest BCUT2D eigenvalue weighted by atomic mass is 15.0. The van der Waals surface area contributed by atoms with E-state index in [4.69, 9.17) is 0 Å². The highest BCUT2D eigenvalue weighted by Gasteiger charge is 2.32. The van der Waals surface area contributed by atoms with Gasteiger partial charge in [-0.15, -0.1) is 0 Å². The third-order valence-electron chi connectivity index (χ3n) is 3.30. The van der Waals surface area contributed by atoms with Crippen LogP contribution in [0.4, 0.5) is 5.69 Å². The average Bonchev–Trinajstić information content (AvgIpc) is 2.57. The molecule has 1 heterocycles. The number of anilines is 1. The Morgan fingerprint density at radius 2 is 1.92 bits per heavy atom. The molecular formula is C12H17N. The van der Waals surface area contributed by atoms with Crippen LogP contribution >= 0.6 is 0 Å². The Hall–Kier alpha value is -0.980. The van der Waals surface area contributed by atoms with Crippen LogP contribution < -0.4 is 5.32 Å². The van der Waals surface area contributed by atoms with Crippen LogP contribution in [0.1, 0.15) is 32.3 Å². The monoisotopic (exact) mass is 175 g/mol. The summed E-state index contributed by atoms with van der Waals surface area (Å²) in [6.07, 6.45) is 3.60. The van der Waals surface area contributed by atoms with Crippen molar-refractivity contribution in [2.24, 2.45) is 0 Å². The average molecular weight is 175 g/mol. The Bertz CT molecular complexity index is 273. The lowest BCUT2D eigenvalue weighted by Crippen LogP contribution is -2.34. The Morgan fingerprint density at radius 3 is 2.54 bits per heavy atom. The minimum Gasteiger partial charge on any atom is -0.379 e. The fourth-order valence-corrected chi connectivity index (χ4v) is 2.17. The first-order chi connectivity index (χ1) is 6.29. The van der Waals surface area contributed by atoms with Crippen molar-refractivity contribution in [3.63, 3.8) is 0 Å². The quantitative estimate of drug-likeness (QED) is 0.727. The number of para-hydroxylation sites is 1. The lowest BCUT2D eigenvalue weighted by Gasteiger charge is -2.27. The van der Waals surface area contributed by atoms with Gasteiger partial charge < -0.3 is 5.32 Å². The minimum atomic E-state index is 0.337. The molecule has 13 heavy (non-hydrogen) atoms. The van der Waals surface area contributed by atoms with Gasteiger partial charge >= 0.3 is 0 Å². The summed E-state index contributed by atoms with van der Waals surface area (Å²) in [5, 5.41) is 3.65. The van der Waals surface area contributed by atoms with Gasteiger partial charge in [-0.3, -0.25) is 0 Å². The van der Waals surface area contributed by atoms with E-state index in [1.54, 1.807) is 0 Å². The zero-order chi connectivity index (χ0) is 9.31. The zero-order valence-electron chi connectivity index (χ0n) is 8.43. The SMILES string of the molecule is CCC1(CC)Cc2ccccc2N1. The van der Waals surface area contributed by atoms with Gasteiger partial charge in [-0.05, 0) is 30.9 Å². The largest absolute Gasteiger partial charge is 0.379 e. The third-order valence-corrected chi connectivity index (χ3v) is 3.30. The van der Waals surface area contributed by atoms with Crippen LogP contribution in [0.15, 0.2) is 24.3 Å². The lowest BCUT2D eigenvalue weighted by atomic mass is 9.90. The second-order valence-electron chi connectivity index (χ2n) is 3.95. The van der Waals surface area contributed by atoms with Crippen molar-refractivity contribution in [3.05, 3.63) is 29.8 Å². The van der Waals surface area contributed by atoms with Gasteiger partial charge in [0.05, 0.1) is 0 Å². The number of nitrogens with one attached hydrogen (secondary N) is 1. The fraction of sp³-hybridized carbons (Fsp3) is 0.500. The van der Waals surface area contributed by atoms with Crippen LogP contribution in [0.25, 0.3) is 0 Å². The number of hydrogen-bond acceptors (Lipinski definition) is 1. The standard InChI is InChI=1S/C12H17N/c1-3-12(4-2)9-10-7-5-6-8-11(10)13-12/h5-8,13H,3-4,9H2,1-2H3. The molecule has 1 aliphatic rings. The molecule has 0 atom stereocenters. The molecule has 0 fully saturated rings. The van der Waals surface area contributed by atoms with E-state index in [1.807, 2.05) is 0 Å². The predicted molar refractivity (Wildman–Crippen MR) is 57.1 cm³/mol. The van der Waals surface area contributed by atoms with E-state index in [9.17, 15) is 0 Å². The van der Waals surface area contributed by atoms with E-state index in [0.29, 0.717) is 5.54 Å². The van der Waals surface area contributed by atoms with Crippen molar-refractivity contribution < 1.29 is 0 Å². The highest BCUT2D eigenvalue weighted by molar-refractivity contribution is 5.58. The van der Waals surface area contributed by atoms with Crippen molar-refractivity contribution in [2.75, 3.05) is 5.32 Å². The van der Waals surface area contributed by atoms with Crippen LogP contribution in [0.2, 0.25) is 0 Å². The van der Waals surface area contributed by atoms with Gasteiger partial charge in [0.1, 0.15) is 0 Å². The summed E-state index contributed by atoms with van der Waals surface area (Å²) in [7, 11) is 0. The highest BCUT2D eigenvalue weighted by Crippen LogP contribution is 2.36. The van der Waals surface area contributed by atoms with Crippen molar-refractivity contribution >= 4 is 5.69 Å². The van der Waals surface area contributed by atoms with Crippen molar-refractivity contribution in [2.45, 2.75) is 38.6 Å². The minimum absolute atomic E-state index is 0.337. The van der Waals surface area contributed by atoms with Gasteiger partial charge in [0.25, 0.3) is 0 Å². The van der Waals surface area contributed by atoms with Gasteiger partial charge in [0, 0.05) is 11.2 Å². The molecular weight excluding hydrogens is 158 g/mol. The second kappa shape index (κ2) is 3.06. The molecule has 0 unspecified atom stereocenters. The first kappa shape index (κ1) is 8.61. The summed E-state index contributed by atoms with van der Waals surface area (Å²) in [5.41, 5.74) is 3.15. The second-order valence-corrected chi connectivity index (χ2v) is 3.95. The predicted octanol–water partition coefficient (Wildman–Crippen LogP) is 3.21. The van der Waals surface area contributed by atoms with Crippen LogP contribution in [-0.4, -0.2) is 5.54 Å². The number of hydrogen-bond donors (Lipinski definition) is 1. The summed E-state index contributed by atoms with van der Waals surface area (Å²) in [4.78, 5) is 0. The maximum absolute atomic E-state index is 3.65. The van der Waals surface area contributed by atoms with Gasteiger partial charge in [0.15, 0.2) is 0 Å². The summed E-state index contributed by atoms with van der Waals surface area (Å²) in [5.74, 6) is 0. The molecule has 1 nitrogen and oxygen atoms in total. The Labute approximate surface area is 80.2 Å². The normalized spacial score (nSPS) is 18.0. The van der Waals surface area contributed by atoms with E-state index in [-0.39, 0.29) is 0 Å². The molecule has 2 rings (SSSR count). The van der Waals surface area contributed by atoms with Crippen molar-refractivity contribution in [1.29, 1.82) is 0 Å². The molecule has 0 saturated carbocycles. The molecule has 1 N–H and O–H groups in total. The Kier molecular flexibility index (Phi) is 2.03. The first-order valence-electron chi connectivity index (χ1n) is 5.16. The van der Waals surface area contributed by atoms with E-state index in [1.165, 1.54) is 30.5 Å². The van der Waals surface area contributed by atoms with Crippen LogP contribution in [0, 0.1) is 0 Å². The molecule has 1 aromatic rings. The van der Waals surface area contributed by atoms with Crippen LogP contribution in [0.3, 0.4) is 0 Å². The molecule has 0 aliphatic carbocycles. The number of fused-ring (bicyclic) bond motifs is 1. The molecule has 0 radical (unpaired) electrons. The Balaban J connectivity index is 2.30. The summed E-state index contributed by atoms with van der Waals surface area (Å²) in [6, 6.07) is 8.65. The van der Waals surface area contributed by atoms with E-state index < -0.39 is 0 Å². The van der Waals surface area contributed by atoms with Crippen LogP contribution in [0.5, 0.6) is 0 Å². The molecule has 70 valence electrons. The zero-order valence-corrected chi connectivity index (χ0v) is 8.43. The van der Waals surface area contributed by atoms with E-state index in [0.717, 1.165) is 0 Å². The van der Waals surface area contributed by atoms with E-state index >= 15 is 0 Å². The first-order valence-corrected chi connectivity index (χ1v) is 5.16. The van der Waals surface area contributed by atoms with Crippen molar-refractivity contribution in [3.8, 4) is 0 Å². The lowest BCUT2D eigenvalue weighted by molar-refractivity contribution is 0.451. The van der Waals surface area contributed by atoms with Crippen molar-refractivity contribution in [1.82, 2.24) is 0 Å². The fourth-order valence-electron chi connectivity index (χ4n) is 2.17. The molecule has 1 heteroatoms. The molecule has 0 bridgehead atoms. The summed E-state index contributed by atoms with van der Waals surface area (Å²) in [6.45, 7) is 4.53. The number of rotatable bonds is 2. The Morgan fingerprint density at radius 1 is 1.23 bits per heavy atom.